The van der Waals surface area contributed by atoms with Crippen LogP contribution in [0.2, 0.25) is 0 Å². The van der Waals surface area contributed by atoms with Gasteiger partial charge in [-0.3, -0.25) is 9.59 Å². The van der Waals surface area contributed by atoms with Crippen LogP contribution in [0.3, 0.4) is 0 Å². The maximum atomic E-state index is 12.8. The Balaban J connectivity index is 2.36. The van der Waals surface area contributed by atoms with Gasteiger partial charge in [-0.15, -0.1) is 0 Å². The molecule has 0 aliphatic carbocycles. The first-order chi connectivity index (χ1) is 27.8. The van der Waals surface area contributed by atoms with Crippen molar-refractivity contribution in [3.8, 4) is 0 Å². The summed E-state index contributed by atoms with van der Waals surface area (Å²) in [4.78, 5) is 25.3. The molecule has 6 atom stereocenters. The summed E-state index contributed by atoms with van der Waals surface area (Å²) in [6.07, 6.45) is 36.8. The average molecular weight is 807 g/mol. The van der Waals surface area contributed by atoms with Crippen molar-refractivity contribution >= 4 is 11.9 Å². The molecule has 0 aromatic rings. The Morgan fingerprint density at radius 3 is 1.53 bits per heavy atom. The third-order valence-electron chi connectivity index (χ3n) is 10.2. The molecule has 0 spiro atoms. The predicted molar refractivity (Wildman–Crippen MR) is 229 cm³/mol. The van der Waals surface area contributed by atoms with Crippen molar-refractivity contribution in [2.24, 2.45) is 0 Å². The molecule has 0 aromatic carbocycles. The standard InChI is InChI=1S/C47H82O10/c1-3-5-7-9-11-13-15-17-19-20-22-23-25-27-29-31-33-35-42(49)54-38-40(39-55-47-46(53)45(52)44(51)41(37-48)57-47)56-43(50)36-34-32-30-28-26-24-21-18-16-14-12-10-8-6-4-2/h11,13,17-19,21-23,40-41,44-48,51-53H,3-10,12,14-16,20,24-39H2,1-2H3/b13-11+,19-17+,21-18+,23-22+/t40-,41-,44+,45?,46?,47-/m0/s1. The highest BCUT2D eigenvalue weighted by Crippen LogP contribution is 2.22. The minimum atomic E-state index is -1.60. The second-order valence-corrected chi connectivity index (χ2v) is 15.5. The number of aliphatic hydroxyl groups is 4. The largest absolute Gasteiger partial charge is 0.462 e. The molecule has 330 valence electrons. The second kappa shape index (κ2) is 37.9. The highest BCUT2D eigenvalue weighted by atomic mass is 16.7. The molecule has 10 nitrogen and oxygen atoms in total. The zero-order chi connectivity index (χ0) is 41.6. The maximum Gasteiger partial charge on any atom is 0.306 e. The van der Waals surface area contributed by atoms with Crippen molar-refractivity contribution < 1.29 is 49.0 Å². The van der Waals surface area contributed by atoms with E-state index in [1.165, 1.54) is 64.2 Å². The molecule has 0 bridgehead atoms. The van der Waals surface area contributed by atoms with E-state index in [1.54, 1.807) is 0 Å². The third-order valence-corrected chi connectivity index (χ3v) is 10.2. The number of hydrogen-bond acceptors (Lipinski definition) is 10. The summed E-state index contributed by atoms with van der Waals surface area (Å²) in [5, 5.41) is 40.1. The summed E-state index contributed by atoms with van der Waals surface area (Å²) in [5.41, 5.74) is 0. The van der Waals surface area contributed by atoms with E-state index in [-0.39, 0.29) is 26.1 Å². The monoisotopic (exact) mass is 807 g/mol. The molecular formula is C47H82O10. The summed E-state index contributed by atoms with van der Waals surface area (Å²) >= 11 is 0. The van der Waals surface area contributed by atoms with Crippen molar-refractivity contribution in [2.45, 2.75) is 218 Å². The fourth-order valence-corrected chi connectivity index (χ4v) is 6.54. The zero-order valence-electron chi connectivity index (χ0n) is 35.8. The number of esters is 2. The lowest BCUT2D eigenvalue weighted by Crippen LogP contribution is -2.59. The number of unbranched alkanes of at least 4 members (excludes halogenated alkanes) is 18. The number of aliphatic hydroxyl groups excluding tert-OH is 4. The molecule has 1 aliphatic rings. The molecule has 10 heteroatoms. The van der Waals surface area contributed by atoms with Gasteiger partial charge in [0.25, 0.3) is 0 Å². The molecule has 1 fully saturated rings. The Hall–Kier alpha value is -2.34. The molecule has 1 aliphatic heterocycles. The third kappa shape index (κ3) is 29.5. The molecule has 57 heavy (non-hydrogen) atoms. The van der Waals surface area contributed by atoms with Crippen molar-refractivity contribution in [3.05, 3.63) is 48.6 Å². The Bertz CT molecular complexity index is 1070. The number of carbonyl (C=O) groups excluding carboxylic acids is 2. The lowest BCUT2D eigenvalue weighted by Gasteiger charge is -2.39. The van der Waals surface area contributed by atoms with Gasteiger partial charge in [0.15, 0.2) is 12.4 Å². The summed E-state index contributed by atoms with van der Waals surface area (Å²) in [5.74, 6) is -0.842. The lowest BCUT2D eigenvalue weighted by atomic mass is 9.99. The molecule has 0 radical (unpaired) electrons. The fourth-order valence-electron chi connectivity index (χ4n) is 6.54. The van der Waals surface area contributed by atoms with Crippen LogP contribution in [0.4, 0.5) is 0 Å². The van der Waals surface area contributed by atoms with Gasteiger partial charge < -0.3 is 39.4 Å². The predicted octanol–water partition coefficient (Wildman–Crippen LogP) is 9.67. The average Bonchev–Trinajstić information content (AvgIpc) is 3.21. The summed E-state index contributed by atoms with van der Waals surface area (Å²) in [6.45, 7) is 3.35. The molecule has 1 heterocycles. The van der Waals surface area contributed by atoms with E-state index in [1.807, 2.05) is 0 Å². The first kappa shape index (κ1) is 52.7. The van der Waals surface area contributed by atoms with Gasteiger partial charge in [-0.05, 0) is 77.0 Å². The van der Waals surface area contributed by atoms with Gasteiger partial charge in [-0.1, -0.05) is 140 Å². The minimum absolute atomic E-state index is 0.214. The van der Waals surface area contributed by atoms with Crippen LogP contribution in [0.25, 0.3) is 0 Å². The van der Waals surface area contributed by atoms with E-state index in [4.69, 9.17) is 18.9 Å². The SMILES string of the molecule is CCCCC/C=C/C/C=C/C/C=C/CCCCCCC(=O)OC[C@@H](CO[C@H]1O[C@@H](CO)[C@@H](O)C(O)C1O)OC(=O)CCCCCCC/C=C/CCCCCCCC. The normalized spacial score (nSPS) is 20.7. The van der Waals surface area contributed by atoms with Crippen LogP contribution in [0.15, 0.2) is 48.6 Å². The van der Waals surface area contributed by atoms with E-state index in [0.717, 1.165) is 77.0 Å². The maximum absolute atomic E-state index is 12.8. The smallest absolute Gasteiger partial charge is 0.306 e. The van der Waals surface area contributed by atoms with Crippen LogP contribution < -0.4 is 0 Å². The molecule has 2 unspecified atom stereocenters. The molecule has 0 saturated carbocycles. The Morgan fingerprint density at radius 1 is 0.544 bits per heavy atom. The number of ether oxygens (including phenoxy) is 4. The second-order valence-electron chi connectivity index (χ2n) is 15.5. The van der Waals surface area contributed by atoms with E-state index in [9.17, 15) is 30.0 Å². The summed E-state index contributed by atoms with van der Waals surface area (Å²) in [6, 6.07) is 0. The van der Waals surface area contributed by atoms with Crippen LogP contribution >= 0.6 is 0 Å². The Kier molecular flexibility index (Phi) is 35.0. The van der Waals surface area contributed by atoms with Crippen LogP contribution in [0.1, 0.15) is 181 Å². The summed E-state index contributed by atoms with van der Waals surface area (Å²) < 4.78 is 22.1. The number of rotatable bonds is 37. The van der Waals surface area contributed by atoms with Crippen molar-refractivity contribution in [1.82, 2.24) is 0 Å². The molecule has 1 rings (SSSR count). The number of hydrogen-bond donors (Lipinski definition) is 4. The fraction of sp³-hybridized carbons (Fsp3) is 0.787. The van der Waals surface area contributed by atoms with Gasteiger partial charge in [0.1, 0.15) is 31.0 Å². The van der Waals surface area contributed by atoms with E-state index >= 15 is 0 Å². The van der Waals surface area contributed by atoms with Crippen LogP contribution in [0.5, 0.6) is 0 Å². The van der Waals surface area contributed by atoms with Gasteiger partial charge >= 0.3 is 11.9 Å². The number of allylic oxidation sites excluding steroid dienone is 8. The zero-order valence-corrected chi connectivity index (χ0v) is 35.8. The molecule has 0 amide bonds. The molecular weight excluding hydrogens is 725 g/mol. The van der Waals surface area contributed by atoms with Crippen molar-refractivity contribution in [3.63, 3.8) is 0 Å². The van der Waals surface area contributed by atoms with Gasteiger partial charge in [0, 0.05) is 12.8 Å². The van der Waals surface area contributed by atoms with Gasteiger partial charge in [0.2, 0.25) is 0 Å². The quantitative estimate of drug-likeness (QED) is 0.0271. The van der Waals surface area contributed by atoms with Gasteiger partial charge in [0.05, 0.1) is 13.2 Å². The van der Waals surface area contributed by atoms with Gasteiger partial charge in [-0.2, -0.15) is 0 Å². The number of carbonyl (C=O) groups is 2. The lowest BCUT2D eigenvalue weighted by molar-refractivity contribution is -0.305. The molecule has 1 saturated heterocycles. The molecule has 4 N–H and O–H groups in total. The first-order valence-corrected chi connectivity index (χ1v) is 22.7. The Morgan fingerprint density at radius 2 is 0.982 bits per heavy atom. The van der Waals surface area contributed by atoms with Crippen molar-refractivity contribution in [1.29, 1.82) is 0 Å². The van der Waals surface area contributed by atoms with Crippen molar-refractivity contribution in [2.75, 3.05) is 19.8 Å². The minimum Gasteiger partial charge on any atom is -0.462 e. The highest BCUT2D eigenvalue weighted by molar-refractivity contribution is 5.70. The van der Waals surface area contributed by atoms with E-state index in [0.29, 0.717) is 12.8 Å². The van der Waals surface area contributed by atoms with Crippen LogP contribution in [0, 0.1) is 0 Å². The van der Waals surface area contributed by atoms with Gasteiger partial charge in [-0.25, -0.2) is 0 Å². The van der Waals surface area contributed by atoms with E-state index < -0.39 is 55.4 Å². The Labute approximate surface area is 346 Å². The molecule has 0 aromatic heterocycles. The van der Waals surface area contributed by atoms with Crippen LogP contribution in [-0.2, 0) is 28.5 Å². The topological polar surface area (TPSA) is 152 Å². The van der Waals surface area contributed by atoms with Crippen LogP contribution in [-0.4, -0.2) is 89.0 Å². The highest BCUT2D eigenvalue weighted by Gasteiger charge is 2.44. The first-order valence-electron chi connectivity index (χ1n) is 22.7. The van der Waals surface area contributed by atoms with E-state index in [2.05, 4.69) is 62.5 Å². The summed E-state index contributed by atoms with van der Waals surface area (Å²) in [7, 11) is 0.